The van der Waals surface area contributed by atoms with Gasteiger partial charge in [-0.3, -0.25) is 0 Å². The van der Waals surface area contributed by atoms with Crippen LogP contribution in [0.25, 0.3) is 16.5 Å². The standard InChI is InChI=1S/C12H9NP.C7H9.2ClH.Hf/c1-2-5-11-9-12(8-10(11)4-1)13-6-3-7-14-13;1-6-4-3-5-7(6)2;;;/h1-9H;3-5H,1-2H3;2*1H;/q2*-1;;;+4/p-2. The van der Waals surface area contributed by atoms with Crippen LogP contribution in [0.15, 0.2) is 72.7 Å². The van der Waals surface area contributed by atoms with Crippen LogP contribution in [0.3, 0.4) is 0 Å². The van der Waals surface area contributed by atoms with Gasteiger partial charge in [-0.25, -0.2) is 12.1 Å². The molecule has 0 atom stereocenters. The summed E-state index contributed by atoms with van der Waals surface area (Å²) in [5.74, 6) is 2.14. The van der Waals surface area contributed by atoms with E-state index in [-0.39, 0.29) is 50.7 Å². The molecule has 0 saturated carbocycles. The predicted molar refractivity (Wildman–Crippen MR) is 92.9 cm³/mol. The zero-order valence-corrected chi connectivity index (χ0v) is 19.6. The molecule has 1 heterocycles. The first-order valence-electron chi connectivity index (χ1n) is 7.08. The van der Waals surface area contributed by atoms with Crippen LogP contribution in [0.1, 0.15) is 11.1 Å². The molecule has 0 spiro atoms. The number of aromatic nitrogens is 1. The summed E-state index contributed by atoms with van der Waals surface area (Å²) in [7, 11) is 1.23. The number of halogens is 2. The number of hydrogen-bond acceptors (Lipinski definition) is 0. The van der Waals surface area contributed by atoms with Crippen LogP contribution in [0.5, 0.6) is 0 Å². The van der Waals surface area contributed by atoms with Crippen molar-refractivity contribution in [2.75, 3.05) is 0 Å². The van der Waals surface area contributed by atoms with E-state index in [9.17, 15) is 0 Å². The Bertz CT molecular complexity index is 784. The van der Waals surface area contributed by atoms with Gasteiger partial charge in [0.1, 0.15) is 0 Å². The number of fused-ring (bicyclic) bond motifs is 1. The largest absolute Gasteiger partial charge is 4.00 e. The summed E-state index contributed by atoms with van der Waals surface area (Å²) in [6.45, 7) is 4.24. The number of nitrogens with zero attached hydrogens (tertiary/aromatic N) is 1. The molecule has 0 bridgehead atoms. The van der Waals surface area contributed by atoms with Gasteiger partial charge in [0, 0.05) is 14.5 Å². The van der Waals surface area contributed by atoms with Crippen molar-refractivity contribution in [2.24, 2.45) is 0 Å². The Hall–Kier alpha value is -0.660. The van der Waals surface area contributed by atoms with E-state index >= 15 is 0 Å². The smallest absolute Gasteiger partial charge is 1.00 e. The van der Waals surface area contributed by atoms with Crippen molar-refractivity contribution in [3.05, 3.63) is 83.8 Å². The number of rotatable bonds is 1. The zero-order valence-electron chi connectivity index (χ0n) is 13.6. The molecule has 122 valence electrons. The van der Waals surface area contributed by atoms with Gasteiger partial charge in [0.2, 0.25) is 0 Å². The summed E-state index contributed by atoms with van der Waals surface area (Å²) >= 11 is 0. The second-order valence-corrected chi connectivity index (χ2v) is 6.14. The van der Waals surface area contributed by atoms with Crippen molar-refractivity contribution >= 4 is 19.1 Å². The second kappa shape index (κ2) is 11.1. The first kappa shape index (κ1) is 23.3. The molecular formula is C19H18Cl2HfNP. The third-order valence-electron chi connectivity index (χ3n) is 3.69. The van der Waals surface area contributed by atoms with Crippen LogP contribution < -0.4 is 24.8 Å². The maximum atomic E-state index is 2.23. The third kappa shape index (κ3) is 5.70. The average Bonchev–Trinajstić information content (AvgIpc) is 3.21. The van der Waals surface area contributed by atoms with Crippen molar-refractivity contribution in [1.82, 2.24) is 4.33 Å². The predicted octanol–water partition coefficient (Wildman–Crippen LogP) is -0.0427. The van der Waals surface area contributed by atoms with Gasteiger partial charge < -0.3 is 29.1 Å². The van der Waals surface area contributed by atoms with E-state index in [1.54, 1.807) is 0 Å². The van der Waals surface area contributed by atoms with Crippen molar-refractivity contribution in [3.8, 4) is 5.69 Å². The molecule has 5 heteroatoms. The first-order chi connectivity index (χ1) is 10.2. The number of hydrogen-bond donors (Lipinski definition) is 0. The quantitative estimate of drug-likeness (QED) is 0.236. The molecule has 0 saturated heterocycles. The fourth-order valence-corrected chi connectivity index (χ4v) is 2.99. The van der Waals surface area contributed by atoms with Gasteiger partial charge in [0.05, 0.1) is 0 Å². The maximum absolute atomic E-state index is 2.23. The van der Waals surface area contributed by atoms with Gasteiger partial charge in [-0.1, -0.05) is 19.9 Å². The van der Waals surface area contributed by atoms with Crippen LogP contribution in [-0.4, -0.2) is 4.33 Å². The van der Waals surface area contributed by atoms with Gasteiger partial charge in [0.15, 0.2) is 0 Å². The van der Waals surface area contributed by atoms with Gasteiger partial charge >= 0.3 is 25.8 Å². The Balaban J connectivity index is 0.000000463. The molecule has 0 radical (unpaired) electrons. The van der Waals surface area contributed by atoms with Crippen LogP contribution in [-0.2, 0) is 25.8 Å². The van der Waals surface area contributed by atoms with E-state index in [4.69, 9.17) is 0 Å². The van der Waals surface area contributed by atoms with Gasteiger partial charge in [-0.15, -0.1) is 41.1 Å². The van der Waals surface area contributed by atoms with Crippen LogP contribution >= 0.6 is 8.35 Å². The first-order valence-corrected chi connectivity index (χ1v) is 8.00. The van der Waals surface area contributed by atoms with E-state index < -0.39 is 0 Å². The fourth-order valence-electron chi connectivity index (χ4n) is 2.29. The van der Waals surface area contributed by atoms with Crippen LogP contribution in [0.4, 0.5) is 0 Å². The number of aryl methyl sites for hydroxylation is 2. The minimum Gasteiger partial charge on any atom is -1.00 e. The van der Waals surface area contributed by atoms with Crippen molar-refractivity contribution in [3.63, 3.8) is 0 Å². The van der Waals surface area contributed by atoms with Gasteiger partial charge in [0.25, 0.3) is 0 Å². The second-order valence-electron chi connectivity index (χ2n) is 5.18. The molecule has 0 aliphatic rings. The SMILES string of the molecule is Cc1ccc[c-]1C.[Cl-].[Cl-].[Hf+4].c1ccc2[cH-]c(-n3cccp3)cc2c1. The molecule has 0 N–H and O–H groups in total. The van der Waals surface area contributed by atoms with E-state index in [1.807, 2.05) is 0 Å². The Morgan fingerprint density at radius 1 is 1.04 bits per heavy atom. The molecule has 4 aromatic rings. The molecule has 0 fully saturated rings. The Kier molecular flexibility index (Phi) is 10.7. The molecule has 0 aliphatic carbocycles. The molecule has 0 unspecified atom stereocenters. The maximum Gasteiger partial charge on any atom is 4.00 e. The normalized spacial score (nSPS) is 9.42. The Morgan fingerprint density at radius 3 is 2.29 bits per heavy atom. The van der Waals surface area contributed by atoms with Crippen LogP contribution in [0.2, 0.25) is 0 Å². The molecule has 4 rings (SSSR count). The Labute approximate surface area is 176 Å². The summed E-state index contributed by atoms with van der Waals surface area (Å²) in [4.78, 5) is 0. The third-order valence-corrected chi connectivity index (χ3v) is 4.60. The monoisotopic (exact) mass is 541 g/mol. The minimum absolute atomic E-state index is 0. The summed E-state index contributed by atoms with van der Waals surface area (Å²) in [6.07, 6.45) is 2.11. The Morgan fingerprint density at radius 2 is 1.79 bits per heavy atom. The number of benzene rings is 1. The van der Waals surface area contributed by atoms with E-state index in [2.05, 4.69) is 90.8 Å². The topological polar surface area (TPSA) is 4.93 Å². The fraction of sp³-hybridized carbons (Fsp3) is 0.105. The summed E-state index contributed by atoms with van der Waals surface area (Å²) in [6, 6.07) is 21.3. The van der Waals surface area contributed by atoms with Gasteiger partial charge in [-0.05, 0) is 17.6 Å². The summed E-state index contributed by atoms with van der Waals surface area (Å²) in [5.41, 5.74) is 4.05. The van der Waals surface area contributed by atoms with E-state index in [0.717, 1.165) is 0 Å². The van der Waals surface area contributed by atoms with Crippen molar-refractivity contribution in [1.29, 1.82) is 0 Å². The van der Waals surface area contributed by atoms with Crippen molar-refractivity contribution < 1.29 is 50.7 Å². The molecule has 0 amide bonds. The molecule has 1 nitrogen and oxygen atoms in total. The zero-order chi connectivity index (χ0) is 14.7. The van der Waals surface area contributed by atoms with Gasteiger partial charge in [-0.2, -0.15) is 17.2 Å². The summed E-state index contributed by atoms with van der Waals surface area (Å²) < 4.78 is 2.22. The summed E-state index contributed by atoms with van der Waals surface area (Å²) in [5, 5.41) is 2.64. The molecule has 1 aromatic heterocycles. The molecule has 0 aliphatic heterocycles. The molecule has 3 aromatic carbocycles. The van der Waals surface area contributed by atoms with E-state index in [0.29, 0.717) is 0 Å². The molecular weight excluding hydrogens is 523 g/mol. The van der Waals surface area contributed by atoms with Crippen LogP contribution in [0, 0.1) is 13.8 Å². The molecule has 24 heavy (non-hydrogen) atoms. The minimum atomic E-state index is 0. The van der Waals surface area contributed by atoms with E-state index in [1.165, 1.54) is 35.9 Å². The van der Waals surface area contributed by atoms with Crippen molar-refractivity contribution in [2.45, 2.75) is 13.8 Å². The average molecular weight is 541 g/mol.